The molecule has 0 saturated carbocycles. The Morgan fingerprint density at radius 2 is 0.957 bits per heavy atom. The van der Waals surface area contributed by atoms with Crippen LogP contribution in [0.5, 0.6) is 5.75 Å². The molecule has 0 aliphatic heterocycles. The second-order valence-electron chi connectivity index (χ2n) is 13.4. The van der Waals surface area contributed by atoms with Crippen molar-refractivity contribution in [2.75, 3.05) is 6.61 Å². The first-order valence-electron chi connectivity index (χ1n) is 18.7. The molecule has 3 aromatic rings. The summed E-state index contributed by atoms with van der Waals surface area (Å²) in [6.07, 6.45) is 24.4. The van der Waals surface area contributed by atoms with Crippen LogP contribution in [0.15, 0.2) is 72.8 Å². The molecule has 3 aromatic carbocycles. The molecule has 0 saturated heterocycles. The number of carbonyl (C=O) groups excluding carboxylic acids is 2. The third kappa shape index (κ3) is 15.4. The maximum absolute atomic E-state index is 12.7. The number of aryl methyl sites for hydroxylation is 1. The molecule has 0 spiro atoms. The molecule has 3 rings (SSSR count). The van der Waals surface area contributed by atoms with Crippen molar-refractivity contribution in [2.24, 2.45) is 5.92 Å². The number of carbonyl (C=O) groups is 2. The quantitative estimate of drug-likeness (QED) is 0.0555. The first-order chi connectivity index (χ1) is 23.0. The number of esters is 2. The minimum absolute atomic E-state index is 0.323. The van der Waals surface area contributed by atoms with Crippen LogP contribution in [0.3, 0.4) is 0 Å². The van der Waals surface area contributed by atoms with Crippen LogP contribution in [0.4, 0.5) is 0 Å². The first kappa shape index (κ1) is 38.1. The van der Waals surface area contributed by atoms with Crippen LogP contribution in [0, 0.1) is 5.92 Å². The number of hydrogen-bond acceptors (Lipinski definition) is 4. The summed E-state index contributed by atoms with van der Waals surface area (Å²) < 4.78 is 10.9. The van der Waals surface area contributed by atoms with Crippen molar-refractivity contribution >= 4 is 11.9 Å². The van der Waals surface area contributed by atoms with E-state index in [1.54, 1.807) is 36.4 Å². The van der Waals surface area contributed by atoms with Gasteiger partial charge in [0.15, 0.2) is 0 Å². The van der Waals surface area contributed by atoms with E-state index in [-0.39, 0.29) is 5.97 Å². The molecular weight excluding hydrogens is 580 g/mol. The number of hydrogen-bond donors (Lipinski definition) is 0. The first-order valence-corrected chi connectivity index (χ1v) is 18.7. The van der Waals surface area contributed by atoms with Crippen LogP contribution < -0.4 is 4.74 Å². The van der Waals surface area contributed by atoms with E-state index < -0.39 is 5.97 Å². The Kier molecular flexibility index (Phi) is 18.6. The average Bonchev–Trinajstić information content (AvgIpc) is 3.11. The van der Waals surface area contributed by atoms with Crippen molar-refractivity contribution < 1.29 is 19.1 Å². The molecule has 4 nitrogen and oxygen atoms in total. The molecule has 0 bridgehead atoms. The summed E-state index contributed by atoms with van der Waals surface area (Å²) >= 11 is 0. The van der Waals surface area contributed by atoms with Gasteiger partial charge in [-0.25, -0.2) is 9.59 Å². The molecular formula is C43H60O4. The van der Waals surface area contributed by atoms with E-state index >= 15 is 0 Å². The van der Waals surface area contributed by atoms with Gasteiger partial charge >= 0.3 is 11.9 Å². The lowest BCUT2D eigenvalue weighted by Crippen LogP contribution is -2.12. The van der Waals surface area contributed by atoms with Crippen LogP contribution >= 0.6 is 0 Å². The molecule has 0 heterocycles. The number of ether oxygens (including phenoxy) is 2. The molecule has 47 heavy (non-hydrogen) atoms. The van der Waals surface area contributed by atoms with Gasteiger partial charge in [-0.15, -0.1) is 0 Å². The topological polar surface area (TPSA) is 52.6 Å². The predicted octanol–water partition coefficient (Wildman–Crippen LogP) is 12.6. The van der Waals surface area contributed by atoms with Crippen LogP contribution in [0.25, 0.3) is 11.1 Å². The van der Waals surface area contributed by atoms with Crippen LogP contribution in [-0.4, -0.2) is 18.5 Å². The second kappa shape index (κ2) is 23.0. The zero-order chi connectivity index (χ0) is 33.5. The molecule has 1 atom stereocenters. The van der Waals surface area contributed by atoms with E-state index in [1.165, 1.54) is 108 Å². The highest BCUT2D eigenvalue weighted by atomic mass is 16.5. The fourth-order valence-electron chi connectivity index (χ4n) is 5.78. The fraction of sp³-hybridized carbons (Fsp3) is 0.535. The smallest absolute Gasteiger partial charge is 0.343 e. The van der Waals surface area contributed by atoms with Gasteiger partial charge in [-0.3, -0.25) is 0 Å². The standard InChI is InChI=1S/C43H60O4/c1-4-6-7-8-9-10-11-12-13-14-15-16-17-18-19-20-21-36-22-24-37(25-23-36)38-26-28-40(29-27-38)43(45)47-41-32-30-39(31-33-41)42(44)46-34-35(3)5-2/h22-33,35H,4-21,34H2,1-3H3. The van der Waals surface area contributed by atoms with Gasteiger partial charge < -0.3 is 9.47 Å². The zero-order valence-corrected chi connectivity index (χ0v) is 29.6. The Bertz CT molecular complexity index is 1260. The maximum Gasteiger partial charge on any atom is 0.343 e. The molecule has 0 aliphatic carbocycles. The van der Waals surface area contributed by atoms with Gasteiger partial charge in [-0.05, 0) is 71.8 Å². The van der Waals surface area contributed by atoms with Crippen molar-refractivity contribution in [1.82, 2.24) is 0 Å². The van der Waals surface area contributed by atoms with Gasteiger partial charge in [0.05, 0.1) is 17.7 Å². The average molecular weight is 641 g/mol. The summed E-state index contributed by atoms with van der Waals surface area (Å²) in [5.74, 6) is -0.0920. The van der Waals surface area contributed by atoms with Crippen LogP contribution in [0.1, 0.15) is 156 Å². The molecule has 0 aliphatic rings. The molecule has 256 valence electrons. The van der Waals surface area contributed by atoms with Gasteiger partial charge in [-0.1, -0.05) is 160 Å². The summed E-state index contributed by atoms with van der Waals surface area (Å²) in [7, 11) is 0. The Labute approximate surface area is 285 Å². The number of unbranched alkanes of at least 4 members (excludes halogenated alkanes) is 15. The minimum atomic E-state index is -0.433. The van der Waals surface area contributed by atoms with E-state index in [0.717, 1.165) is 24.0 Å². The molecule has 0 radical (unpaired) electrons. The van der Waals surface area contributed by atoms with Gasteiger partial charge in [0, 0.05) is 0 Å². The summed E-state index contributed by atoms with van der Waals surface area (Å²) in [6.45, 7) is 6.79. The van der Waals surface area contributed by atoms with Gasteiger partial charge in [0.2, 0.25) is 0 Å². The van der Waals surface area contributed by atoms with Crippen LogP contribution in [-0.2, 0) is 11.2 Å². The summed E-state index contributed by atoms with van der Waals surface area (Å²) in [4.78, 5) is 24.9. The van der Waals surface area contributed by atoms with E-state index in [1.807, 2.05) is 19.1 Å². The largest absolute Gasteiger partial charge is 0.462 e. The summed E-state index contributed by atoms with van der Waals surface area (Å²) in [6, 6.07) is 22.8. The SMILES string of the molecule is CCCCCCCCCCCCCCCCCCc1ccc(-c2ccc(C(=O)Oc3ccc(C(=O)OCC(C)CC)cc3)cc2)cc1. The Morgan fingerprint density at radius 3 is 1.45 bits per heavy atom. The van der Waals surface area contributed by atoms with Crippen molar-refractivity contribution in [1.29, 1.82) is 0 Å². The lowest BCUT2D eigenvalue weighted by atomic mass is 10.00. The maximum atomic E-state index is 12.7. The van der Waals surface area contributed by atoms with Crippen molar-refractivity contribution in [3.63, 3.8) is 0 Å². The van der Waals surface area contributed by atoms with Crippen molar-refractivity contribution in [2.45, 2.75) is 136 Å². The van der Waals surface area contributed by atoms with E-state index in [2.05, 4.69) is 38.1 Å². The Balaban J connectivity index is 1.27. The Morgan fingerprint density at radius 1 is 0.532 bits per heavy atom. The van der Waals surface area contributed by atoms with Crippen molar-refractivity contribution in [3.8, 4) is 16.9 Å². The molecule has 0 amide bonds. The Hall–Kier alpha value is -3.40. The normalized spacial score (nSPS) is 11.7. The monoisotopic (exact) mass is 640 g/mol. The predicted molar refractivity (Wildman–Crippen MR) is 196 cm³/mol. The van der Waals surface area contributed by atoms with Gasteiger partial charge in [-0.2, -0.15) is 0 Å². The third-order valence-corrected chi connectivity index (χ3v) is 9.22. The lowest BCUT2D eigenvalue weighted by Gasteiger charge is -2.10. The highest BCUT2D eigenvalue weighted by Crippen LogP contribution is 2.23. The molecule has 0 N–H and O–H groups in total. The van der Waals surface area contributed by atoms with E-state index in [9.17, 15) is 9.59 Å². The molecule has 0 aromatic heterocycles. The molecule has 0 fully saturated rings. The van der Waals surface area contributed by atoms with Crippen molar-refractivity contribution in [3.05, 3.63) is 89.5 Å². The second-order valence-corrected chi connectivity index (χ2v) is 13.4. The van der Waals surface area contributed by atoms with Gasteiger partial charge in [0.25, 0.3) is 0 Å². The molecule has 4 heteroatoms. The zero-order valence-electron chi connectivity index (χ0n) is 29.6. The molecule has 1 unspecified atom stereocenters. The lowest BCUT2D eigenvalue weighted by molar-refractivity contribution is 0.0447. The highest BCUT2D eigenvalue weighted by molar-refractivity contribution is 5.92. The van der Waals surface area contributed by atoms with E-state index in [0.29, 0.717) is 29.4 Å². The summed E-state index contributed by atoms with van der Waals surface area (Å²) in [5.41, 5.74) is 4.50. The summed E-state index contributed by atoms with van der Waals surface area (Å²) in [5, 5.41) is 0. The number of benzene rings is 3. The van der Waals surface area contributed by atoms with Crippen LogP contribution in [0.2, 0.25) is 0 Å². The highest BCUT2D eigenvalue weighted by Gasteiger charge is 2.12. The fourth-order valence-corrected chi connectivity index (χ4v) is 5.78. The number of rotatable bonds is 24. The van der Waals surface area contributed by atoms with E-state index in [4.69, 9.17) is 9.47 Å². The third-order valence-electron chi connectivity index (χ3n) is 9.22. The minimum Gasteiger partial charge on any atom is -0.462 e. The van der Waals surface area contributed by atoms with Gasteiger partial charge in [0.1, 0.15) is 5.75 Å².